The SMILES string of the molecule is Cc1ccc(S(=O)(=O)NC(=O)C(Cc2ccc(Cl)c(Cl)c2)CN(O)C=O)nc1. The molecule has 1 aromatic carbocycles. The Kier molecular flexibility index (Phi) is 7.36. The summed E-state index contributed by atoms with van der Waals surface area (Å²) in [5.74, 6) is -1.98. The van der Waals surface area contributed by atoms with Crippen LogP contribution < -0.4 is 4.72 Å². The van der Waals surface area contributed by atoms with Crippen LogP contribution in [-0.2, 0) is 26.0 Å². The van der Waals surface area contributed by atoms with Gasteiger partial charge in [0.05, 0.1) is 22.5 Å². The van der Waals surface area contributed by atoms with Crippen molar-refractivity contribution in [1.82, 2.24) is 14.8 Å². The van der Waals surface area contributed by atoms with Crippen LogP contribution in [0.2, 0.25) is 10.0 Å². The number of sulfonamides is 1. The van der Waals surface area contributed by atoms with Crippen molar-refractivity contribution in [3.8, 4) is 0 Å². The van der Waals surface area contributed by atoms with Gasteiger partial charge in [-0.15, -0.1) is 0 Å². The van der Waals surface area contributed by atoms with Gasteiger partial charge in [-0.2, -0.15) is 8.42 Å². The lowest BCUT2D eigenvalue weighted by Gasteiger charge is -2.19. The van der Waals surface area contributed by atoms with Crippen LogP contribution in [0, 0.1) is 12.8 Å². The zero-order chi connectivity index (χ0) is 20.9. The van der Waals surface area contributed by atoms with E-state index in [0.29, 0.717) is 10.6 Å². The number of amides is 2. The topological polar surface area (TPSA) is 117 Å². The molecule has 1 unspecified atom stereocenters. The van der Waals surface area contributed by atoms with Gasteiger partial charge in [-0.1, -0.05) is 35.3 Å². The van der Waals surface area contributed by atoms with E-state index in [1.807, 2.05) is 4.72 Å². The maximum atomic E-state index is 12.6. The van der Waals surface area contributed by atoms with Crippen molar-refractivity contribution in [3.05, 3.63) is 57.7 Å². The van der Waals surface area contributed by atoms with Crippen LogP contribution in [-0.4, -0.2) is 42.5 Å². The Hall–Kier alpha value is -2.20. The van der Waals surface area contributed by atoms with Crippen LogP contribution in [0.15, 0.2) is 41.6 Å². The third kappa shape index (κ3) is 5.90. The Balaban J connectivity index is 2.23. The Bertz CT molecular complexity index is 967. The molecule has 0 radical (unpaired) electrons. The number of pyridine rings is 1. The standard InChI is InChI=1S/C17H17Cl2N3O5S/c1-11-2-5-16(20-8-11)28(26,27)21-17(24)13(9-22(25)10-23)6-12-3-4-14(18)15(19)7-12/h2-5,7-8,10,13,25H,6,9H2,1H3,(H,21,24). The van der Waals surface area contributed by atoms with E-state index in [1.54, 1.807) is 19.1 Å². The zero-order valence-corrected chi connectivity index (χ0v) is 17.0. The van der Waals surface area contributed by atoms with Crippen molar-refractivity contribution < 1.29 is 23.2 Å². The molecule has 2 N–H and O–H groups in total. The summed E-state index contributed by atoms with van der Waals surface area (Å²) in [6, 6.07) is 7.46. The summed E-state index contributed by atoms with van der Waals surface area (Å²) in [4.78, 5) is 27.1. The summed E-state index contributed by atoms with van der Waals surface area (Å²) in [6.07, 6.45) is 1.48. The monoisotopic (exact) mass is 445 g/mol. The van der Waals surface area contributed by atoms with Gasteiger partial charge >= 0.3 is 0 Å². The van der Waals surface area contributed by atoms with Crippen LogP contribution in [0.5, 0.6) is 0 Å². The molecular weight excluding hydrogens is 429 g/mol. The lowest BCUT2D eigenvalue weighted by molar-refractivity contribution is -0.154. The molecule has 8 nitrogen and oxygen atoms in total. The van der Waals surface area contributed by atoms with E-state index >= 15 is 0 Å². The maximum Gasteiger partial charge on any atom is 0.281 e. The Morgan fingerprint density at radius 3 is 2.57 bits per heavy atom. The first-order valence-electron chi connectivity index (χ1n) is 7.96. The molecule has 0 saturated heterocycles. The number of carbonyl (C=O) groups excluding carboxylic acids is 2. The van der Waals surface area contributed by atoms with E-state index in [1.165, 1.54) is 24.4 Å². The van der Waals surface area contributed by atoms with Crippen molar-refractivity contribution in [2.75, 3.05) is 6.54 Å². The fourth-order valence-electron chi connectivity index (χ4n) is 2.34. The van der Waals surface area contributed by atoms with Gasteiger partial charge < -0.3 is 0 Å². The molecule has 0 aliphatic rings. The van der Waals surface area contributed by atoms with E-state index in [2.05, 4.69) is 4.98 Å². The van der Waals surface area contributed by atoms with Crippen LogP contribution in [0.4, 0.5) is 0 Å². The second-order valence-electron chi connectivity index (χ2n) is 6.02. The molecule has 2 aromatic rings. The van der Waals surface area contributed by atoms with Crippen LogP contribution >= 0.6 is 23.2 Å². The molecule has 0 aliphatic carbocycles. The molecule has 150 valence electrons. The Labute approximate surface area is 172 Å². The van der Waals surface area contributed by atoms with Gasteiger partial charge in [-0.05, 0) is 42.7 Å². The van der Waals surface area contributed by atoms with Crippen LogP contribution in [0.1, 0.15) is 11.1 Å². The summed E-state index contributed by atoms with van der Waals surface area (Å²) in [5, 5.41) is 9.99. The summed E-state index contributed by atoms with van der Waals surface area (Å²) in [5.41, 5.74) is 1.32. The van der Waals surface area contributed by atoms with Crippen LogP contribution in [0.25, 0.3) is 0 Å². The third-order valence-corrected chi connectivity index (χ3v) is 5.76. The van der Waals surface area contributed by atoms with Gasteiger partial charge in [-0.25, -0.2) is 14.8 Å². The predicted octanol–water partition coefficient (Wildman–Crippen LogP) is 2.21. The van der Waals surface area contributed by atoms with Crippen molar-refractivity contribution in [3.63, 3.8) is 0 Å². The third-order valence-electron chi connectivity index (χ3n) is 3.76. The van der Waals surface area contributed by atoms with E-state index in [4.69, 9.17) is 23.2 Å². The van der Waals surface area contributed by atoms with Crippen molar-refractivity contribution in [2.24, 2.45) is 5.92 Å². The highest BCUT2D eigenvalue weighted by Gasteiger charge is 2.27. The molecule has 2 amide bonds. The summed E-state index contributed by atoms with van der Waals surface area (Å²) in [7, 11) is -4.22. The fourth-order valence-corrected chi connectivity index (χ4v) is 3.64. The molecule has 0 saturated carbocycles. The first-order chi connectivity index (χ1) is 13.1. The average Bonchev–Trinajstić information content (AvgIpc) is 2.64. The minimum atomic E-state index is -4.22. The molecule has 1 atom stereocenters. The smallest absolute Gasteiger partial charge is 0.281 e. The summed E-state index contributed by atoms with van der Waals surface area (Å²) < 4.78 is 26.7. The molecule has 28 heavy (non-hydrogen) atoms. The number of nitrogens with one attached hydrogen (secondary N) is 1. The van der Waals surface area contributed by atoms with Crippen molar-refractivity contribution in [2.45, 2.75) is 18.4 Å². The number of rotatable bonds is 8. The number of hydroxylamine groups is 2. The number of hydrogen-bond donors (Lipinski definition) is 2. The number of aryl methyl sites for hydroxylation is 1. The van der Waals surface area contributed by atoms with E-state index < -0.39 is 28.4 Å². The highest BCUT2D eigenvalue weighted by atomic mass is 35.5. The highest BCUT2D eigenvalue weighted by Crippen LogP contribution is 2.24. The first-order valence-corrected chi connectivity index (χ1v) is 10.2. The normalized spacial score (nSPS) is 12.3. The number of nitrogens with zero attached hydrogens (tertiary/aromatic N) is 2. The largest absolute Gasteiger partial charge is 0.286 e. The van der Waals surface area contributed by atoms with Crippen molar-refractivity contribution >= 4 is 45.5 Å². The number of hydrogen-bond acceptors (Lipinski definition) is 6. The van der Waals surface area contributed by atoms with Crippen LogP contribution in [0.3, 0.4) is 0 Å². The molecule has 0 aliphatic heterocycles. The Morgan fingerprint density at radius 2 is 2.00 bits per heavy atom. The van der Waals surface area contributed by atoms with Gasteiger partial charge in [0.25, 0.3) is 10.0 Å². The highest BCUT2D eigenvalue weighted by molar-refractivity contribution is 7.90. The minimum Gasteiger partial charge on any atom is -0.286 e. The molecule has 1 heterocycles. The number of halogens is 2. The second-order valence-corrected chi connectivity index (χ2v) is 8.46. The number of carbonyl (C=O) groups is 2. The molecule has 2 rings (SSSR count). The van der Waals surface area contributed by atoms with Gasteiger partial charge in [0.1, 0.15) is 0 Å². The molecule has 0 fully saturated rings. The number of aromatic nitrogens is 1. The zero-order valence-electron chi connectivity index (χ0n) is 14.7. The van der Waals surface area contributed by atoms with Gasteiger partial charge in [-0.3, -0.25) is 14.8 Å². The lowest BCUT2D eigenvalue weighted by atomic mass is 9.98. The molecule has 1 aromatic heterocycles. The van der Waals surface area contributed by atoms with E-state index in [0.717, 1.165) is 5.56 Å². The molecule has 0 spiro atoms. The van der Waals surface area contributed by atoms with Gasteiger partial charge in [0, 0.05) is 6.20 Å². The fraction of sp³-hybridized carbons (Fsp3) is 0.235. The lowest BCUT2D eigenvalue weighted by Crippen LogP contribution is -2.41. The van der Waals surface area contributed by atoms with Gasteiger partial charge in [0.2, 0.25) is 12.3 Å². The molecular formula is C17H17Cl2N3O5S. The summed E-state index contributed by atoms with van der Waals surface area (Å²) >= 11 is 11.8. The van der Waals surface area contributed by atoms with Gasteiger partial charge in [0.15, 0.2) is 5.03 Å². The van der Waals surface area contributed by atoms with E-state index in [9.17, 15) is 23.2 Å². The molecule has 11 heteroatoms. The first kappa shape index (κ1) is 22.1. The second kappa shape index (κ2) is 9.33. The maximum absolute atomic E-state index is 12.6. The van der Waals surface area contributed by atoms with Crippen molar-refractivity contribution in [1.29, 1.82) is 0 Å². The predicted molar refractivity (Wildman–Crippen MR) is 103 cm³/mol. The quantitative estimate of drug-likeness (QED) is 0.365. The molecule has 0 bridgehead atoms. The summed E-state index contributed by atoms with van der Waals surface area (Å²) in [6.45, 7) is 1.32. The Morgan fingerprint density at radius 1 is 1.29 bits per heavy atom. The number of benzene rings is 1. The minimum absolute atomic E-state index is 0.00443. The van der Waals surface area contributed by atoms with E-state index in [-0.39, 0.29) is 27.9 Å². The average molecular weight is 446 g/mol.